The number of benzene rings is 2. The van der Waals surface area contributed by atoms with Gasteiger partial charge in [-0.15, -0.1) is 0 Å². The predicted octanol–water partition coefficient (Wildman–Crippen LogP) is 7.54. The maximum atomic E-state index is 13.8. The Morgan fingerprint density at radius 3 is 2.47 bits per heavy atom. The predicted molar refractivity (Wildman–Crippen MR) is 176 cm³/mol. The standard InChI is InChI=1S/C35H36N4O5S/c1-5-7-8-9-19-44-24-14-12-23(13-15-24)30-28(31(40)29-22(4)38-18-10-11-21(3)33(38)37-29)32(41)34(42)39(30)35-36-26-17-16-25(43-6-2)20-27(26)45-35/h10-18,20,30,40H,5-9,19H2,1-4H3/b31-28+. The Hall–Kier alpha value is -4.70. The lowest BCUT2D eigenvalue weighted by atomic mass is 9.96. The monoisotopic (exact) mass is 624 g/mol. The molecule has 2 aromatic carbocycles. The first-order valence-corrected chi connectivity index (χ1v) is 16.2. The lowest BCUT2D eigenvalue weighted by Crippen LogP contribution is -2.29. The summed E-state index contributed by atoms with van der Waals surface area (Å²) >= 11 is 1.29. The number of nitrogens with zero attached hydrogens (tertiary/aromatic N) is 4. The molecule has 4 heterocycles. The lowest BCUT2D eigenvalue weighted by molar-refractivity contribution is -0.132. The molecule has 10 heteroatoms. The molecule has 6 rings (SSSR count). The number of aliphatic hydroxyl groups is 1. The second-order valence-corrected chi connectivity index (χ2v) is 12.1. The molecule has 0 spiro atoms. The molecule has 1 saturated heterocycles. The highest BCUT2D eigenvalue weighted by Gasteiger charge is 2.48. The van der Waals surface area contributed by atoms with Crippen LogP contribution in [-0.2, 0) is 9.59 Å². The summed E-state index contributed by atoms with van der Waals surface area (Å²) in [5, 5.41) is 12.2. The van der Waals surface area contributed by atoms with Crippen molar-refractivity contribution in [2.45, 2.75) is 59.4 Å². The van der Waals surface area contributed by atoms with Crippen LogP contribution in [-0.4, -0.2) is 44.4 Å². The van der Waals surface area contributed by atoms with E-state index in [-0.39, 0.29) is 17.0 Å². The van der Waals surface area contributed by atoms with E-state index in [1.165, 1.54) is 22.7 Å². The number of ketones is 1. The molecule has 0 aliphatic carbocycles. The van der Waals surface area contributed by atoms with E-state index in [9.17, 15) is 14.7 Å². The number of hydrogen-bond donors (Lipinski definition) is 1. The summed E-state index contributed by atoms with van der Waals surface area (Å²) in [5.74, 6) is -0.489. The smallest absolute Gasteiger partial charge is 0.301 e. The number of pyridine rings is 1. The maximum Gasteiger partial charge on any atom is 0.301 e. The van der Waals surface area contributed by atoms with Crippen LogP contribution in [0.3, 0.4) is 0 Å². The number of carbonyl (C=O) groups excluding carboxylic acids is 2. The zero-order chi connectivity index (χ0) is 31.7. The summed E-state index contributed by atoms with van der Waals surface area (Å²) in [6, 6.07) is 15.8. The van der Waals surface area contributed by atoms with Gasteiger partial charge in [0.15, 0.2) is 10.9 Å². The van der Waals surface area contributed by atoms with E-state index < -0.39 is 17.7 Å². The fourth-order valence-corrected chi connectivity index (χ4v) is 6.76. The van der Waals surface area contributed by atoms with Gasteiger partial charge in [-0.3, -0.25) is 14.5 Å². The molecule has 9 nitrogen and oxygen atoms in total. The van der Waals surface area contributed by atoms with Crippen LogP contribution in [0.1, 0.15) is 68.1 Å². The fourth-order valence-electron chi connectivity index (χ4n) is 5.74. The molecule has 3 aromatic heterocycles. The third-order valence-electron chi connectivity index (χ3n) is 8.08. The number of imidazole rings is 1. The molecular weight excluding hydrogens is 588 g/mol. The average molecular weight is 625 g/mol. The van der Waals surface area contributed by atoms with Crippen LogP contribution >= 0.6 is 11.3 Å². The van der Waals surface area contributed by atoms with Gasteiger partial charge in [0.2, 0.25) is 0 Å². The molecule has 1 amide bonds. The number of unbranched alkanes of at least 4 members (excludes halogenated alkanes) is 3. The quantitative estimate of drug-likeness (QED) is 0.0700. The van der Waals surface area contributed by atoms with Crippen LogP contribution < -0.4 is 14.4 Å². The van der Waals surface area contributed by atoms with Crippen molar-refractivity contribution >= 4 is 49.8 Å². The summed E-state index contributed by atoms with van der Waals surface area (Å²) in [4.78, 5) is 38.4. The van der Waals surface area contributed by atoms with Gasteiger partial charge in [0, 0.05) is 6.20 Å². The minimum absolute atomic E-state index is 0.0355. The number of carbonyl (C=O) groups is 2. The van der Waals surface area contributed by atoms with Crippen molar-refractivity contribution in [3.8, 4) is 11.5 Å². The zero-order valence-corrected chi connectivity index (χ0v) is 26.7. The number of aromatic nitrogens is 3. The highest BCUT2D eigenvalue weighted by atomic mass is 32.1. The van der Waals surface area contributed by atoms with Gasteiger partial charge in [-0.2, -0.15) is 0 Å². The van der Waals surface area contributed by atoms with Crippen molar-refractivity contribution < 1.29 is 24.2 Å². The molecule has 232 valence electrons. The first-order chi connectivity index (χ1) is 21.8. The van der Waals surface area contributed by atoms with Crippen molar-refractivity contribution in [3.63, 3.8) is 0 Å². The summed E-state index contributed by atoms with van der Waals surface area (Å²) < 4.78 is 14.3. The number of thiazole rings is 1. The molecule has 1 aliphatic rings. The van der Waals surface area contributed by atoms with Crippen LogP contribution in [0.2, 0.25) is 0 Å². The third kappa shape index (κ3) is 5.66. The second-order valence-electron chi connectivity index (χ2n) is 11.1. The van der Waals surface area contributed by atoms with Crippen molar-refractivity contribution in [3.05, 3.63) is 88.9 Å². The van der Waals surface area contributed by atoms with E-state index in [1.807, 2.05) is 86.0 Å². The van der Waals surface area contributed by atoms with Crippen LogP contribution in [0.25, 0.3) is 21.6 Å². The zero-order valence-electron chi connectivity index (χ0n) is 25.9. The molecule has 0 radical (unpaired) electrons. The Morgan fingerprint density at radius 2 is 1.73 bits per heavy atom. The first kappa shape index (κ1) is 30.3. The number of amides is 1. The van der Waals surface area contributed by atoms with Crippen LogP contribution in [0.4, 0.5) is 5.13 Å². The second kappa shape index (κ2) is 12.7. The van der Waals surface area contributed by atoms with Crippen molar-refractivity contribution in [2.24, 2.45) is 0 Å². The molecule has 1 atom stereocenters. The average Bonchev–Trinajstić information content (AvgIpc) is 3.69. The molecule has 0 saturated carbocycles. The molecule has 1 aliphatic heterocycles. The number of Topliss-reactive ketones (excluding diaryl/α,β-unsaturated/α-hetero) is 1. The number of hydrogen-bond acceptors (Lipinski definition) is 8. The Morgan fingerprint density at radius 1 is 0.956 bits per heavy atom. The number of rotatable bonds is 11. The Kier molecular flexibility index (Phi) is 8.58. The number of fused-ring (bicyclic) bond motifs is 2. The fraction of sp³-hybridized carbons (Fsp3) is 0.314. The topological polar surface area (TPSA) is 106 Å². The van der Waals surface area contributed by atoms with Gasteiger partial charge in [-0.25, -0.2) is 9.97 Å². The van der Waals surface area contributed by atoms with Crippen LogP contribution in [0.15, 0.2) is 66.4 Å². The first-order valence-electron chi connectivity index (χ1n) is 15.3. The number of anilines is 1. The number of aliphatic hydroxyl groups excluding tert-OH is 1. The van der Waals surface area contributed by atoms with Crippen molar-refractivity contribution in [2.75, 3.05) is 18.1 Å². The van der Waals surface area contributed by atoms with Gasteiger partial charge in [-0.05, 0) is 74.7 Å². The van der Waals surface area contributed by atoms with Crippen LogP contribution in [0.5, 0.6) is 11.5 Å². The summed E-state index contributed by atoms with van der Waals surface area (Å²) in [6.07, 6.45) is 6.26. The number of aryl methyl sites for hydroxylation is 2. The molecule has 1 unspecified atom stereocenters. The van der Waals surface area contributed by atoms with E-state index in [2.05, 4.69) is 6.92 Å². The molecular formula is C35H36N4O5S. The minimum atomic E-state index is -0.930. The number of ether oxygens (including phenoxy) is 2. The maximum absolute atomic E-state index is 13.8. The Balaban J connectivity index is 1.45. The van der Waals surface area contributed by atoms with Crippen molar-refractivity contribution in [1.82, 2.24) is 14.4 Å². The highest BCUT2D eigenvalue weighted by molar-refractivity contribution is 7.22. The van der Waals surface area contributed by atoms with Crippen molar-refractivity contribution in [1.29, 1.82) is 0 Å². The highest BCUT2D eigenvalue weighted by Crippen LogP contribution is 2.45. The van der Waals surface area contributed by atoms with E-state index in [1.54, 1.807) is 0 Å². The SMILES string of the molecule is CCCCCCOc1ccc(C2/C(=C(\O)c3nc4c(C)cccn4c3C)C(=O)C(=O)N2c2nc3ccc(OCC)cc3s2)cc1. The molecule has 1 fully saturated rings. The van der Waals surface area contributed by atoms with E-state index in [4.69, 9.17) is 19.4 Å². The van der Waals surface area contributed by atoms with E-state index in [0.29, 0.717) is 52.3 Å². The molecule has 45 heavy (non-hydrogen) atoms. The summed E-state index contributed by atoms with van der Waals surface area (Å²) in [7, 11) is 0. The minimum Gasteiger partial charge on any atom is -0.505 e. The largest absolute Gasteiger partial charge is 0.505 e. The third-order valence-corrected chi connectivity index (χ3v) is 9.10. The summed E-state index contributed by atoms with van der Waals surface area (Å²) in [5.41, 5.74) is 3.78. The molecule has 0 bridgehead atoms. The van der Waals surface area contributed by atoms with Gasteiger partial charge in [0.25, 0.3) is 5.78 Å². The van der Waals surface area contributed by atoms with Crippen LogP contribution in [0, 0.1) is 13.8 Å². The molecule has 1 N–H and O–H groups in total. The Labute approximate surface area is 265 Å². The normalized spacial score (nSPS) is 16.3. The van der Waals surface area contributed by atoms with Gasteiger partial charge < -0.3 is 19.0 Å². The van der Waals surface area contributed by atoms with E-state index >= 15 is 0 Å². The van der Waals surface area contributed by atoms with Gasteiger partial charge in [-0.1, -0.05) is 55.7 Å². The summed E-state index contributed by atoms with van der Waals surface area (Å²) in [6.45, 7) is 8.98. The van der Waals surface area contributed by atoms with Gasteiger partial charge in [0.05, 0.1) is 40.7 Å². The molecule has 5 aromatic rings. The van der Waals surface area contributed by atoms with E-state index in [0.717, 1.165) is 29.5 Å². The lowest BCUT2D eigenvalue weighted by Gasteiger charge is -2.23. The Bertz CT molecular complexity index is 1920. The van der Waals surface area contributed by atoms with Gasteiger partial charge >= 0.3 is 5.91 Å². The van der Waals surface area contributed by atoms with Gasteiger partial charge in [0.1, 0.15) is 22.8 Å².